The Hall–Kier alpha value is -0.830. The Morgan fingerprint density at radius 3 is 2.44 bits per heavy atom. The molecule has 1 fully saturated rings. The SMILES string of the molecule is CC(C)c1cc(Br)cc(C(=O)N2CCCCC2)c1. The van der Waals surface area contributed by atoms with Crippen molar-refractivity contribution < 1.29 is 4.79 Å². The minimum Gasteiger partial charge on any atom is -0.339 e. The predicted octanol–water partition coefficient (Wildman–Crippen LogP) is 4.20. The summed E-state index contributed by atoms with van der Waals surface area (Å²) in [6.45, 7) is 6.11. The summed E-state index contributed by atoms with van der Waals surface area (Å²) < 4.78 is 0.994. The van der Waals surface area contributed by atoms with Crippen molar-refractivity contribution in [1.82, 2.24) is 4.90 Å². The van der Waals surface area contributed by atoms with Crippen molar-refractivity contribution in [2.75, 3.05) is 13.1 Å². The van der Waals surface area contributed by atoms with E-state index >= 15 is 0 Å². The maximum absolute atomic E-state index is 12.4. The zero-order chi connectivity index (χ0) is 13.1. The standard InChI is InChI=1S/C15H20BrNO/c1-11(2)12-8-13(10-14(16)9-12)15(18)17-6-4-3-5-7-17/h8-11H,3-7H2,1-2H3. The molecule has 0 unspecified atom stereocenters. The highest BCUT2D eigenvalue weighted by atomic mass is 79.9. The first-order valence-corrected chi connectivity index (χ1v) is 7.47. The summed E-state index contributed by atoms with van der Waals surface area (Å²) in [5.74, 6) is 0.619. The topological polar surface area (TPSA) is 20.3 Å². The van der Waals surface area contributed by atoms with Crippen LogP contribution in [0.1, 0.15) is 54.9 Å². The lowest BCUT2D eigenvalue weighted by atomic mass is 10.00. The van der Waals surface area contributed by atoms with Crippen molar-refractivity contribution in [3.8, 4) is 0 Å². The molecule has 0 aromatic heterocycles. The van der Waals surface area contributed by atoms with Gasteiger partial charge in [0, 0.05) is 23.1 Å². The van der Waals surface area contributed by atoms with Crippen molar-refractivity contribution in [1.29, 1.82) is 0 Å². The van der Waals surface area contributed by atoms with Crippen LogP contribution in [0, 0.1) is 0 Å². The first kappa shape index (κ1) is 13.6. The molecule has 1 aromatic rings. The number of likely N-dealkylation sites (tertiary alicyclic amines) is 1. The molecule has 0 saturated carbocycles. The lowest BCUT2D eigenvalue weighted by molar-refractivity contribution is 0.0724. The molecule has 0 atom stereocenters. The first-order valence-electron chi connectivity index (χ1n) is 6.67. The molecule has 0 N–H and O–H groups in total. The summed E-state index contributed by atoms with van der Waals surface area (Å²) in [5, 5.41) is 0. The molecule has 0 spiro atoms. The van der Waals surface area contributed by atoms with Crippen molar-refractivity contribution >= 4 is 21.8 Å². The van der Waals surface area contributed by atoms with Crippen molar-refractivity contribution in [3.05, 3.63) is 33.8 Å². The van der Waals surface area contributed by atoms with Gasteiger partial charge in [-0.3, -0.25) is 4.79 Å². The predicted molar refractivity (Wildman–Crippen MR) is 78.0 cm³/mol. The van der Waals surface area contributed by atoms with E-state index in [0.29, 0.717) is 5.92 Å². The van der Waals surface area contributed by atoms with E-state index in [4.69, 9.17) is 0 Å². The lowest BCUT2D eigenvalue weighted by Gasteiger charge is -2.27. The molecular formula is C15H20BrNO. The summed E-state index contributed by atoms with van der Waals surface area (Å²) >= 11 is 3.50. The van der Waals surface area contributed by atoms with Gasteiger partial charge >= 0.3 is 0 Å². The van der Waals surface area contributed by atoms with Gasteiger partial charge in [0.05, 0.1) is 0 Å². The minimum atomic E-state index is 0.179. The van der Waals surface area contributed by atoms with E-state index in [9.17, 15) is 4.79 Å². The number of rotatable bonds is 2. The Morgan fingerprint density at radius 1 is 1.17 bits per heavy atom. The van der Waals surface area contributed by atoms with Gasteiger partial charge in [0.1, 0.15) is 0 Å². The third-order valence-corrected chi connectivity index (χ3v) is 3.93. The number of piperidine rings is 1. The second-order valence-electron chi connectivity index (χ2n) is 5.28. The fourth-order valence-corrected chi connectivity index (χ4v) is 2.86. The van der Waals surface area contributed by atoms with E-state index in [1.54, 1.807) is 0 Å². The number of nitrogens with zero attached hydrogens (tertiary/aromatic N) is 1. The van der Waals surface area contributed by atoms with Crippen LogP contribution in [0.15, 0.2) is 22.7 Å². The van der Waals surface area contributed by atoms with Gasteiger partial charge in [-0.15, -0.1) is 0 Å². The average Bonchev–Trinajstić information content (AvgIpc) is 2.38. The summed E-state index contributed by atoms with van der Waals surface area (Å²) in [5.41, 5.74) is 2.03. The van der Waals surface area contributed by atoms with Crippen LogP contribution in [0.2, 0.25) is 0 Å². The number of hydrogen-bond acceptors (Lipinski definition) is 1. The maximum Gasteiger partial charge on any atom is 0.253 e. The molecule has 1 saturated heterocycles. The molecule has 1 aliphatic rings. The lowest BCUT2D eigenvalue weighted by Crippen LogP contribution is -2.35. The van der Waals surface area contributed by atoms with Gasteiger partial charge in [-0.1, -0.05) is 29.8 Å². The summed E-state index contributed by atoms with van der Waals surface area (Å²) in [6.07, 6.45) is 3.52. The van der Waals surface area contributed by atoms with Gasteiger partial charge in [-0.25, -0.2) is 0 Å². The molecule has 1 heterocycles. The number of amides is 1. The van der Waals surface area contributed by atoms with E-state index < -0.39 is 0 Å². The van der Waals surface area contributed by atoms with Gasteiger partial charge in [0.2, 0.25) is 0 Å². The fourth-order valence-electron chi connectivity index (χ4n) is 2.35. The normalized spacial score (nSPS) is 16.1. The van der Waals surface area contributed by atoms with E-state index in [1.165, 1.54) is 12.0 Å². The summed E-state index contributed by atoms with van der Waals surface area (Å²) in [4.78, 5) is 14.4. The molecule has 3 heteroatoms. The minimum absolute atomic E-state index is 0.179. The van der Waals surface area contributed by atoms with Crippen LogP contribution < -0.4 is 0 Å². The molecule has 0 radical (unpaired) electrons. The Bertz CT molecular complexity index is 436. The average molecular weight is 310 g/mol. The number of hydrogen-bond donors (Lipinski definition) is 0. The maximum atomic E-state index is 12.4. The number of carbonyl (C=O) groups is 1. The Morgan fingerprint density at radius 2 is 1.83 bits per heavy atom. The van der Waals surface area contributed by atoms with Gasteiger partial charge in [-0.05, 0) is 48.9 Å². The van der Waals surface area contributed by atoms with E-state index in [-0.39, 0.29) is 5.91 Å². The fraction of sp³-hybridized carbons (Fsp3) is 0.533. The first-order chi connectivity index (χ1) is 8.58. The van der Waals surface area contributed by atoms with Crippen molar-refractivity contribution in [3.63, 3.8) is 0 Å². The molecule has 98 valence electrons. The molecule has 0 aliphatic carbocycles. The van der Waals surface area contributed by atoms with Crippen molar-refractivity contribution in [2.24, 2.45) is 0 Å². The highest BCUT2D eigenvalue weighted by Crippen LogP contribution is 2.23. The van der Waals surface area contributed by atoms with Crippen LogP contribution in [-0.2, 0) is 0 Å². The molecule has 18 heavy (non-hydrogen) atoms. The van der Waals surface area contributed by atoms with Crippen molar-refractivity contribution in [2.45, 2.75) is 39.0 Å². The number of carbonyl (C=O) groups excluding carboxylic acids is 1. The van der Waals surface area contributed by atoms with E-state index in [2.05, 4.69) is 35.8 Å². The molecule has 1 amide bonds. The monoisotopic (exact) mass is 309 g/mol. The molecule has 1 aromatic carbocycles. The summed E-state index contributed by atoms with van der Waals surface area (Å²) in [6, 6.07) is 6.06. The third-order valence-electron chi connectivity index (χ3n) is 3.48. The zero-order valence-corrected chi connectivity index (χ0v) is 12.7. The van der Waals surface area contributed by atoms with E-state index in [0.717, 1.165) is 36.0 Å². The highest BCUT2D eigenvalue weighted by Gasteiger charge is 2.19. The number of halogens is 1. The van der Waals surface area contributed by atoms with Crippen LogP contribution >= 0.6 is 15.9 Å². The van der Waals surface area contributed by atoms with Gasteiger partial charge < -0.3 is 4.90 Å². The third kappa shape index (κ3) is 3.14. The van der Waals surface area contributed by atoms with Gasteiger partial charge in [0.15, 0.2) is 0 Å². The Balaban J connectivity index is 2.23. The second-order valence-corrected chi connectivity index (χ2v) is 6.20. The number of benzene rings is 1. The van der Waals surface area contributed by atoms with Gasteiger partial charge in [-0.2, -0.15) is 0 Å². The smallest absolute Gasteiger partial charge is 0.253 e. The highest BCUT2D eigenvalue weighted by molar-refractivity contribution is 9.10. The van der Waals surface area contributed by atoms with Crippen LogP contribution in [0.5, 0.6) is 0 Å². The second kappa shape index (κ2) is 5.87. The molecular weight excluding hydrogens is 290 g/mol. The van der Waals surface area contributed by atoms with Crippen LogP contribution in [-0.4, -0.2) is 23.9 Å². The molecule has 2 rings (SSSR count). The quantitative estimate of drug-likeness (QED) is 0.802. The zero-order valence-electron chi connectivity index (χ0n) is 11.1. The summed E-state index contributed by atoms with van der Waals surface area (Å²) in [7, 11) is 0. The Labute approximate surface area is 117 Å². The van der Waals surface area contributed by atoms with Gasteiger partial charge in [0.25, 0.3) is 5.91 Å². The Kier molecular flexibility index (Phi) is 4.44. The molecule has 0 bridgehead atoms. The van der Waals surface area contributed by atoms with Crippen LogP contribution in [0.3, 0.4) is 0 Å². The van der Waals surface area contributed by atoms with E-state index in [1.807, 2.05) is 17.0 Å². The van der Waals surface area contributed by atoms with Crippen LogP contribution in [0.25, 0.3) is 0 Å². The van der Waals surface area contributed by atoms with Crippen LogP contribution in [0.4, 0.5) is 0 Å². The molecule has 2 nitrogen and oxygen atoms in total. The molecule has 1 aliphatic heterocycles. The largest absolute Gasteiger partial charge is 0.339 e.